The van der Waals surface area contributed by atoms with E-state index in [2.05, 4.69) is 10.4 Å². The molecule has 2 rings (SSSR count). The molecule has 1 aromatic heterocycles. The first kappa shape index (κ1) is 18.3. The van der Waals surface area contributed by atoms with Gasteiger partial charge in [-0.2, -0.15) is 5.10 Å². The average molecular weight is 368 g/mol. The number of carbonyl (C=O) groups excluding carboxylic acids is 1. The van der Waals surface area contributed by atoms with Gasteiger partial charge in [-0.3, -0.25) is 29.7 Å². The van der Waals surface area contributed by atoms with Gasteiger partial charge in [-0.1, -0.05) is 11.6 Å². The monoisotopic (exact) mass is 367 g/mol. The molecular weight excluding hydrogens is 354 g/mol. The number of anilines is 1. The highest BCUT2D eigenvalue weighted by Gasteiger charge is 2.22. The minimum Gasteiger partial charge on any atom is -0.320 e. The molecule has 10 nitrogen and oxygen atoms in total. The van der Waals surface area contributed by atoms with Crippen molar-refractivity contribution in [3.8, 4) is 0 Å². The van der Waals surface area contributed by atoms with Gasteiger partial charge in [0.25, 0.3) is 5.69 Å². The number of nitrogens with one attached hydrogen (secondary N) is 1. The maximum absolute atomic E-state index is 12.0. The van der Waals surface area contributed by atoms with E-state index >= 15 is 0 Å². The van der Waals surface area contributed by atoms with Gasteiger partial charge in [-0.25, -0.2) is 0 Å². The first-order valence-corrected chi connectivity index (χ1v) is 7.50. The molecule has 0 aliphatic rings. The summed E-state index contributed by atoms with van der Waals surface area (Å²) in [6.45, 7) is 3.16. The van der Waals surface area contributed by atoms with Crippen LogP contribution in [-0.4, -0.2) is 25.5 Å². The number of amides is 1. The fourth-order valence-electron chi connectivity index (χ4n) is 2.35. The lowest BCUT2D eigenvalue weighted by Gasteiger charge is -2.07. The number of hydrogen-bond acceptors (Lipinski definition) is 6. The van der Waals surface area contributed by atoms with E-state index in [4.69, 9.17) is 11.6 Å². The third-order valence-corrected chi connectivity index (χ3v) is 3.74. The molecule has 1 amide bonds. The molecule has 1 heterocycles. The topological polar surface area (TPSA) is 133 Å². The summed E-state index contributed by atoms with van der Waals surface area (Å²) in [5.41, 5.74) is 0.221. The summed E-state index contributed by atoms with van der Waals surface area (Å²) in [4.78, 5) is 32.8. The van der Waals surface area contributed by atoms with Crippen LogP contribution in [0.2, 0.25) is 5.02 Å². The smallest absolute Gasteiger partial charge is 0.312 e. The van der Waals surface area contributed by atoms with E-state index in [0.29, 0.717) is 5.69 Å². The van der Waals surface area contributed by atoms with Crippen LogP contribution in [0.4, 0.5) is 17.1 Å². The Kier molecular flexibility index (Phi) is 5.32. The first-order chi connectivity index (χ1) is 11.7. The first-order valence-electron chi connectivity index (χ1n) is 7.13. The van der Waals surface area contributed by atoms with Crippen molar-refractivity contribution in [2.45, 2.75) is 26.8 Å². The number of nitro benzene ring substituents is 1. The Morgan fingerprint density at radius 1 is 1.28 bits per heavy atom. The second kappa shape index (κ2) is 7.26. The molecule has 0 spiro atoms. The van der Waals surface area contributed by atoms with E-state index < -0.39 is 15.8 Å². The minimum absolute atomic E-state index is 0.0266. The summed E-state index contributed by atoms with van der Waals surface area (Å²) in [7, 11) is 0. The maximum Gasteiger partial charge on any atom is 0.312 e. The van der Waals surface area contributed by atoms with Crippen LogP contribution in [0.3, 0.4) is 0 Å². The lowest BCUT2D eigenvalue weighted by Crippen LogP contribution is -2.16. The van der Waals surface area contributed by atoms with E-state index in [-0.39, 0.29) is 40.7 Å². The van der Waals surface area contributed by atoms with Gasteiger partial charge in [-0.15, -0.1) is 0 Å². The molecular formula is C14H14ClN5O5. The van der Waals surface area contributed by atoms with Crippen LogP contribution < -0.4 is 5.32 Å². The maximum atomic E-state index is 12.0. The Morgan fingerprint density at radius 3 is 2.52 bits per heavy atom. The molecule has 0 saturated heterocycles. The quantitative estimate of drug-likeness (QED) is 0.616. The van der Waals surface area contributed by atoms with Gasteiger partial charge in [0, 0.05) is 17.5 Å². The van der Waals surface area contributed by atoms with Crippen molar-refractivity contribution < 1.29 is 14.6 Å². The van der Waals surface area contributed by atoms with E-state index in [1.165, 1.54) is 23.7 Å². The Morgan fingerprint density at radius 2 is 1.96 bits per heavy atom. The van der Waals surface area contributed by atoms with Gasteiger partial charge in [0.1, 0.15) is 17.1 Å². The number of aromatic nitrogens is 2. The summed E-state index contributed by atoms with van der Waals surface area (Å²) in [6.07, 6.45) is -0.0567. The SMILES string of the molecule is Cc1nn(CCC(=O)Nc2ccc(Cl)cc2[N+](=O)[O-])c(C)c1[N+](=O)[O-]. The molecule has 0 unspecified atom stereocenters. The van der Waals surface area contributed by atoms with Gasteiger partial charge in [-0.05, 0) is 26.0 Å². The van der Waals surface area contributed by atoms with Gasteiger partial charge < -0.3 is 5.32 Å². The molecule has 0 aliphatic carbocycles. The number of halogens is 1. The standard InChI is InChI=1S/C14H14ClN5O5/c1-8-14(20(24)25)9(2)18(17-8)6-5-13(21)16-11-4-3-10(15)7-12(11)19(22)23/h3-4,7H,5-6H2,1-2H3,(H,16,21). The number of benzene rings is 1. The largest absolute Gasteiger partial charge is 0.320 e. The van der Waals surface area contributed by atoms with Crippen molar-refractivity contribution in [3.63, 3.8) is 0 Å². The number of nitro groups is 2. The van der Waals surface area contributed by atoms with Gasteiger partial charge >= 0.3 is 5.69 Å². The van der Waals surface area contributed by atoms with Crippen molar-refractivity contribution in [2.75, 3.05) is 5.32 Å². The Labute approximate surface area is 146 Å². The summed E-state index contributed by atoms with van der Waals surface area (Å²) < 4.78 is 1.36. The van der Waals surface area contributed by atoms with Gasteiger partial charge in [0.15, 0.2) is 0 Å². The highest BCUT2D eigenvalue weighted by atomic mass is 35.5. The summed E-state index contributed by atoms with van der Waals surface area (Å²) in [6, 6.07) is 3.91. The molecule has 0 radical (unpaired) electrons. The van der Waals surface area contributed by atoms with Gasteiger partial charge in [0.2, 0.25) is 5.91 Å². The van der Waals surface area contributed by atoms with Crippen LogP contribution in [0.25, 0.3) is 0 Å². The second-order valence-electron chi connectivity index (χ2n) is 5.22. The van der Waals surface area contributed by atoms with Crippen molar-refractivity contribution in [2.24, 2.45) is 0 Å². The number of rotatable bonds is 6. The van der Waals surface area contributed by atoms with Crippen molar-refractivity contribution in [3.05, 3.63) is 54.8 Å². The lowest BCUT2D eigenvalue weighted by atomic mass is 10.2. The minimum atomic E-state index is -0.647. The van der Waals surface area contributed by atoms with Crippen LogP contribution in [0.5, 0.6) is 0 Å². The normalized spacial score (nSPS) is 10.5. The molecule has 11 heteroatoms. The highest BCUT2D eigenvalue weighted by molar-refractivity contribution is 6.31. The lowest BCUT2D eigenvalue weighted by molar-refractivity contribution is -0.386. The molecule has 0 saturated carbocycles. The van der Waals surface area contributed by atoms with Crippen LogP contribution in [0.1, 0.15) is 17.8 Å². The van der Waals surface area contributed by atoms with Crippen LogP contribution in [0.15, 0.2) is 18.2 Å². The number of hydrogen-bond donors (Lipinski definition) is 1. The van der Waals surface area contributed by atoms with Crippen LogP contribution >= 0.6 is 11.6 Å². The Bertz CT molecular complexity index is 864. The van der Waals surface area contributed by atoms with Gasteiger partial charge in [0.05, 0.1) is 16.4 Å². The second-order valence-corrected chi connectivity index (χ2v) is 5.65. The predicted octanol–water partition coefficient (Wildman–Crippen LogP) is 3.00. The van der Waals surface area contributed by atoms with E-state index in [9.17, 15) is 25.0 Å². The number of carbonyl (C=O) groups is 1. The van der Waals surface area contributed by atoms with E-state index in [1.807, 2.05) is 0 Å². The van der Waals surface area contributed by atoms with Crippen LogP contribution in [-0.2, 0) is 11.3 Å². The summed E-state index contributed by atoms with van der Waals surface area (Å²) >= 11 is 5.71. The highest BCUT2D eigenvalue weighted by Crippen LogP contribution is 2.28. The molecule has 0 bridgehead atoms. The summed E-state index contributed by atoms with van der Waals surface area (Å²) in [5, 5.41) is 28.6. The molecule has 0 fully saturated rings. The zero-order valence-electron chi connectivity index (χ0n) is 13.4. The number of aryl methyl sites for hydroxylation is 2. The zero-order valence-corrected chi connectivity index (χ0v) is 14.1. The van der Waals surface area contributed by atoms with Crippen molar-refractivity contribution in [1.82, 2.24) is 9.78 Å². The molecule has 2 aromatic rings. The Balaban J connectivity index is 2.09. The van der Waals surface area contributed by atoms with Crippen molar-refractivity contribution >= 4 is 34.6 Å². The molecule has 0 aliphatic heterocycles. The third-order valence-electron chi connectivity index (χ3n) is 3.51. The van der Waals surface area contributed by atoms with Crippen LogP contribution in [0, 0.1) is 34.1 Å². The summed E-state index contributed by atoms with van der Waals surface area (Å²) in [5.74, 6) is -0.486. The Hall–Kier alpha value is -3.01. The van der Waals surface area contributed by atoms with E-state index in [0.717, 1.165) is 6.07 Å². The number of nitrogens with zero attached hydrogens (tertiary/aromatic N) is 4. The van der Waals surface area contributed by atoms with Crippen molar-refractivity contribution in [1.29, 1.82) is 0 Å². The molecule has 132 valence electrons. The average Bonchev–Trinajstić information content (AvgIpc) is 2.81. The molecule has 25 heavy (non-hydrogen) atoms. The third kappa shape index (κ3) is 4.10. The molecule has 1 N–H and O–H groups in total. The van der Waals surface area contributed by atoms with E-state index in [1.54, 1.807) is 6.92 Å². The zero-order chi connectivity index (χ0) is 18.7. The predicted molar refractivity (Wildman–Crippen MR) is 89.7 cm³/mol. The molecule has 0 atom stereocenters. The fraction of sp³-hybridized carbons (Fsp3) is 0.286. The fourth-order valence-corrected chi connectivity index (χ4v) is 2.52. The molecule has 1 aromatic carbocycles.